The van der Waals surface area contributed by atoms with Crippen LogP contribution >= 0.6 is 15.9 Å². The Morgan fingerprint density at radius 1 is 1.25 bits per heavy atom. The van der Waals surface area contributed by atoms with Crippen molar-refractivity contribution in [1.29, 1.82) is 0 Å². The number of hydrogen-bond acceptors (Lipinski definition) is 6. The fourth-order valence-electron chi connectivity index (χ4n) is 3.29. The molecule has 7 nitrogen and oxygen atoms in total. The zero-order valence-corrected chi connectivity index (χ0v) is 18.1. The summed E-state index contributed by atoms with van der Waals surface area (Å²) >= 11 is 3.30. The van der Waals surface area contributed by atoms with Gasteiger partial charge in [0.1, 0.15) is 23.4 Å². The number of methoxy groups -OCH3 is 1. The van der Waals surface area contributed by atoms with Crippen molar-refractivity contribution in [2.45, 2.75) is 12.6 Å². The highest BCUT2D eigenvalue weighted by molar-refractivity contribution is 9.10. The monoisotopic (exact) mass is 505 g/mol. The van der Waals surface area contributed by atoms with E-state index in [1.807, 2.05) is 0 Å². The summed E-state index contributed by atoms with van der Waals surface area (Å²) in [7, 11) is 1.22. The van der Waals surface area contributed by atoms with Gasteiger partial charge in [0.15, 0.2) is 11.7 Å². The molecule has 2 aromatic heterocycles. The van der Waals surface area contributed by atoms with Gasteiger partial charge in [-0.2, -0.15) is 0 Å². The minimum Gasteiger partial charge on any atom is -0.466 e. The Hall–Kier alpha value is -3.47. The maximum Gasteiger partial charge on any atom is 0.338 e. The molecule has 0 bridgehead atoms. The smallest absolute Gasteiger partial charge is 0.338 e. The maximum atomic E-state index is 14.5. The van der Waals surface area contributed by atoms with Crippen LogP contribution < -0.4 is 5.32 Å². The number of pyridine rings is 1. The van der Waals surface area contributed by atoms with E-state index in [1.165, 1.54) is 31.6 Å². The first-order chi connectivity index (χ1) is 15.4. The molecule has 0 amide bonds. The number of ether oxygens (including phenoxy) is 1. The number of halogens is 4. The molecule has 0 radical (unpaired) electrons. The molecule has 1 unspecified atom stereocenters. The molecule has 1 N–H and O–H groups in total. The Balaban J connectivity index is 1.91. The Bertz CT molecular complexity index is 1240. The molecule has 0 saturated heterocycles. The van der Waals surface area contributed by atoms with Crippen LogP contribution in [0.25, 0.3) is 0 Å². The van der Waals surface area contributed by atoms with Crippen LogP contribution in [-0.4, -0.2) is 33.4 Å². The number of aromatic nitrogens is 3. The van der Waals surface area contributed by atoms with Gasteiger partial charge >= 0.3 is 5.97 Å². The van der Waals surface area contributed by atoms with Crippen LogP contribution in [0.3, 0.4) is 0 Å². The largest absolute Gasteiger partial charge is 0.466 e. The van der Waals surface area contributed by atoms with Crippen molar-refractivity contribution in [3.05, 3.63) is 93.6 Å². The normalized spacial score (nSPS) is 15.9. The van der Waals surface area contributed by atoms with Gasteiger partial charge in [-0.1, -0.05) is 22.0 Å². The lowest BCUT2D eigenvalue weighted by Gasteiger charge is -2.28. The van der Waals surface area contributed by atoms with Gasteiger partial charge < -0.3 is 14.6 Å². The van der Waals surface area contributed by atoms with Gasteiger partial charge in [-0.15, -0.1) is 0 Å². The van der Waals surface area contributed by atoms with Gasteiger partial charge in [0, 0.05) is 28.6 Å². The van der Waals surface area contributed by atoms with Crippen molar-refractivity contribution in [2.75, 3.05) is 7.11 Å². The summed E-state index contributed by atoms with van der Waals surface area (Å²) in [4.78, 5) is 25.1. The van der Waals surface area contributed by atoms with Gasteiger partial charge in [-0.3, -0.25) is 4.99 Å². The fraction of sp³-hybridized carbons (Fsp3) is 0.143. The summed E-state index contributed by atoms with van der Waals surface area (Å²) < 4.78 is 48.6. The van der Waals surface area contributed by atoms with Crippen LogP contribution in [0, 0.1) is 17.5 Å². The second-order valence-corrected chi connectivity index (χ2v) is 7.63. The molecule has 1 atom stereocenters. The molecule has 4 rings (SSSR count). The number of carbonyl (C=O) groups is 1. The molecule has 0 saturated carbocycles. The standard InChI is InChI=1S/C21H15BrF3N5O2/c1-32-21(31)17-16(9-30-5-4-26-10-30)28-20(19-15(25)7-12(24)8-27-19)29-18(17)13-3-2-11(23)6-14(13)22/h2-8,10,18H,9H2,1H3,(H,28,29). The minimum atomic E-state index is -0.988. The first-order valence-electron chi connectivity index (χ1n) is 9.25. The van der Waals surface area contributed by atoms with E-state index in [9.17, 15) is 18.0 Å². The highest BCUT2D eigenvalue weighted by atomic mass is 79.9. The SMILES string of the molecule is COC(=O)C1=C(Cn2ccnc2)NC(c2ncc(F)cc2F)=NC1c1ccc(F)cc1Br. The average Bonchev–Trinajstić information content (AvgIpc) is 3.26. The van der Waals surface area contributed by atoms with E-state index >= 15 is 0 Å². The highest BCUT2D eigenvalue weighted by Crippen LogP contribution is 2.37. The van der Waals surface area contributed by atoms with Gasteiger partial charge in [0.2, 0.25) is 0 Å². The zero-order valence-electron chi connectivity index (χ0n) is 16.5. The molecule has 0 aliphatic carbocycles. The number of imidazole rings is 1. The number of benzene rings is 1. The molecule has 0 spiro atoms. The summed E-state index contributed by atoms with van der Waals surface area (Å²) in [5.74, 6) is -2.97. The first-order valence-corrected chi connectivity index (χ1v) is 10.0. The molecule has 1 aliphatic heterocycles. The van der Waals surface area contributed by atoms with Crippen LogP contribution in [0.4, 0.5) is 13.2 Å². The van der Waals surface area contributed by atoms with E-state index in [2.05, 4.69) is 36.2 Å². The molecule has 32 heavy (non-hydrogen) atoms. The van der Waals surface area contributed by atoms with E-state index in [4.69, 9.17) is 4.74 Å². The third-order valence-electron chi connectivity index (χ3n) is 4.72. The van der Waals surface area contributed by atoms with Gasteiger partial charge in [-0.25, -0.2) is 27.9 Å². The van der Waals surface area contributed by atoms with Crippen molar-refractivity contribution in [3.63, 3.8) is 0 Å². The molecule has 3 aromatic rings. The summed E-state index contributed by atoms with van der Waals surface area (Å²) in [6.45, 7) is 0.140. The molecule has 1 aromatic carbocycles. The lowest BCUT2D eigenvalue weighted by atomic mass is 9.95. The van der Waals surface area contributed by atoms with E-state index in [0.29, 0.717) is 21.8 Å². The topological polar surface area (TPSA) is 81.4 Å². The predicted octanol–water partition coefficient (Wildman–Crippen LogP) is 3.68. The molecular weight excluding hydrogens is 491 g/mol. The van der Waals surface area contributed by atoms with E-state index < -0.39 is 29.5 Å². The summed E-state index contributed by atoms with van der Waals surface area (Å²) in [5, 5.41) is 2.93. The van der Waals surface area contributed by atoms with Gasteiger partial charge in [-0.05, 0) is 17.7 Å². The Kier molecular flexibility index (Phi) is 6.08. The molecule has 3 heterocycles. The molecule has 1 aliphatic rings. The number of rotatable bonds is 5. The second-order valence-electron chi connectivity index (χ2n) is 6.77. The van der Waals surface area contributed by atoms with Gasteiger partial charge in [0.25, 0.3) is 0 Å². The van der Waals surface area contributed by atoms with Crippen molar-refractivity contribution in [2.24, 2.45) is 4.99 Å². The summed E-state index contributed by atoms with van der Waals surface area (Å²) in [6, 6.07) is 3.61. The lowest BCUT2D eigenvalue weighted by Crippen LogP contribution is -2.36. The lowest BCUT2D eigenvalue weighted by molar-refractivity contribution is -0.136. The molecule has 164 valence electrons. The fourth-order valence-corrected chi connectivity index (χ4v) is 3.86. The number of aliphatic imine (C=N–C) groups is 1. The van der Waals surface area contributed by atoms with Crippen LogP contribution in [0.15, 0.2) is 69.9 Å². The Morgan fingerprint density at radius 2 is 2.06 bits per heavy atom. The zero-order chi connectivity index (χ0) is 22.8. The highest BCUT2D eigenvalue weighted by Gasteiger charge is 2.34. The number of hydrogen-bond donors (Lipinski definition) is 1. The first kappa shape index (κ1) is 21.8. The number of amidine groups is 1. The second kappa shape index (κ2) is 8.95. The number of allylic oxidation sites excluding steroid dienone is 1. The summed E-state index contributed by atoms with van der Waals surface area (Å²) in [6.07, 6.45) is 5.63. The Labute approximate surface area is 188 Å². The molecule has 0 fully saturated rings. The van der Waals surface area contributed by atoms with Crippen LogP contribution in [-0.2, 0) is 16.1 Å². The number of nitrogens with one attached hydrogen (secondary N) is 1. The van der Waals surface area contributed by atoms with Crippen molar-refractivity contribution in [1.82, 2.24) is 19.9 Å². The predicted molar refractivity (Wildman–Crippen MR) is 112 cm³/mol. The number of carbonyl (C=O) groups excluding carboxylic acids is 1. The van der Waals surface area contributed by atoms with Crippen LogP contribution in [0.2, 0.25) is 0 Å². The van der Waals surface area contributed by atoms with Crippen LogP contribution in [0.1, 0.15) is 17.3 Å². The number of nitrogens with zero attached hydrogens (tertiary/aromatic N) is 4. The third-order valence-corrected chi connectivity index (χ3v) is 5.41. The average molecular weight is 506 g/mol. The maximum absolute atomic E-state index is 14.5. The van der Waals surface area contributed by atoms with E-state index in [0.717, 1.165) is 6.20 Å². The number of esters is 1. The van der Waals surface area contributed by atoms with Gasteiger partial charge in [0.05, 0.1) is 31.8 Å². The quantitative estimate of drug-likeness (QED) is 0.535. The third kappa shape index (κ3) is 4.28. The van der Waals surface area contributed by atoms with Crippen molar-refractivity contribution in [3.8, 4) is 0 Å². The molecule has 11 heteroatoms. The molecular formula is C21H15BrF3N5O2. The van der Waals surface area contributed by atoms with E-state index in [1.54, 1.807) is 17.0 Å². The Morgan fingerprint density at radius 3 is 2.72 bits per heavy atom. The summed E-state index contributed by atoms with van der Waals surface area (Å²) in [5.41, 5.74) is 0.685. The van der Waals surface area contributed by atoms with E-state index in [-0.39, 0.29) is 23.6 Å². The van der Waals surface area contributed by atoms with Crippen LogP contribution in [0.5, 0.6) is 0 Å². The van der Waals surface area contributed by atoms with Crippen molar-refractivity contribution >= 4 is 27.7 Å². The minimum absolute atomic E-state index is 0.0218. The van der Waals surface area contributed by atoms with Crippen molar-refractivity contribution < 1.29 is 22.7 Å².